The van der Waals surface area contributed by atoms with Gasteiger partial charge in [-0.15, -0.1) is 22.9 Å². The summed E-state index contributed by atoms with van der Waals surface area (Å²) >= 11 is 7.06. The average Bonchev–Trinajstić information content (AvgIpc) is 2.78. The molecule has 0 aromatic carbocycles. The molecule has 0 saturated carbocycles. The van der Waals surface area contributed by atoms with Gasteiger partial charge in [-0.05, 0) is 0 Å². The number of carbonyl (C=O) groups excluding carboxylic acids is 1. The van der Waals surface area contributed by atoms with Crippen LogP contribution < -0.4 is 5.32 Å². The summed E-state index contributed by atoms with van der Waals surface area (Å²) in [4.78, 5) is 23.5. The van der Waals surface area contributed by atoms with Crippen molar-refractivity contribution in [2.24, 2.45) is 0 Å². The van der Waals surface area contributed by atoms with Crippen molar-refractivity contribution in [2.45, 2.75) is 12.3 Å². The van der Waals surface area contributed by atoms with Gasteiger partial charge in [0.1, 0.15) is 11.3 Å². The average molecular weight is 269 g/mol. The molecular formula is C10H9ClN4OS. The van der Waals surface area contributed by atoms with Crippen LogP contribution in [0.2, 0.25) is 0 Å². The second-order valence-electron chi connectivity index (χ2n) is 3.22. The minimum Gasteiger partial charge on any atom is -0.323 e. The lowest BCUT2D eigenvalue weighted by atomic mass is 10.4. The van der Waals surface area contributed by atoms with Gasteiger partial charge in [0.25, 0.3) is 0 Å². The van der Waals surface area contributed by atoms with Crippen LogP contribution in [0.1, 0.15) is 10.7 Å². The zero-order valence-electron chi connectivity index (χ0n) is 8.76. The monoisotopic (exact) mass is 268 g/mol. The number of nitrogens with zero attached hydrogens (tertiary/aromatic N) is 3. The lowest BCUT2D eigenvalue weighted by Crippen LogP contribution is -2.14. The maximum atomic E-state index is 11.6. The van der Waals surface area contributed by atoms with Crippen LogP contribution in [0, 0.1) is 0 Å². The number of aromatic nitrogens is 3. The Labute approximate surface area is 107 Å². The summed E-state index contributed by atoms with van der Waals surface area (Å²) in [7, 11) is 0. The van der Waals surface area contributed by atoms with Crippen molar-refractivity contribution >= 4 is 34.5 Å². The summed E-state index contributed by atoms with van der Waals surface area (Å²) in [6, 6.07) is 0. The van der Waals surface area contributed by atoms with Crippen LogP contribution in [-0.4, -0.2) is 20.9 Å². The Bertz CT molecular complexity index is 502. The van der Waals surface area contributed by atoms with Gasteiger partial charge in [0.2, 0.25) is 5.91 Å². The van der Waals surface area contributed by atoms with Gasteiger partial charge >= 0.3 is 0 Å². The molecule has 17 heavy (non-hydrogen) atoms. The first-order chi connectivity index (χ1) is 8.28. The second-order valence-corrected chi connectivity index (χ2v) is 4.43. The maximum Gasteiger partial charge on any atom is 0.231 e. The summed E-state index contributed by atoms with van der Waals surface area (Å²) in [6.45, 7) is 0. The third-order valence-corrected chi connectivity index (χ3v) is 3.06. The lowest BCUT2D eigenvalue weighted by molar-refractivity contribution is -0.115. The van der Waals surface area contributed by atoms with Crippen LogP contribution in [-0.2, 0) is 17.1 Å². The number of hydrogen-bond donors (Lipinski definition) is 1. The van der Waals surface area contributed by atoms with Gasteiger partial charge in [0, 0.05) is 5.38 Å². The number of nitrogens with one attached hydrogen (secondary N) is 1. The minimum atomic E-state index is -0.143. The van der Waals surface area contributed by atoms with Gasteiger partial charge in [0.15, 0.2) is 0 Å². The molecule has 88 valence electrons. The van der Waals surface area contributed by atoms with E-state index in [1.54, 1.807) is 0 Å². The molecule has 0 fully saturated rings. The lowest BCUT2D eigenvalue weighted by Gasteiger charge is -2.01. The van der Waals surface area contributed by atoms with Crippen molar-refractivity contribution in [2.75, 3.05) is 5.32 Å². The summed E-state index contributed by atoms with van der Waals surface area (Å²) in [5.41, 5.74) is 1.37. The molecule has 0 atom stereocenters. The van der Waals surface area contributed by atoms with Crippen molar-refractivity contribution in [1.82, 2.24) is 15.0 Å². The van der Waals surface area contributed by atoms with E-state index in [-0.39, 0.29) is 12.3 Å². The van der Waals surface area contributed by atoms with Crippen LogP contribution in [0.4, 0.5) is 5.69 Å². The van der Waals surface area contributed by atoms with Crippen molar-refractivity contribution in [3.63, 3.8) is 0 Å². The highest BCUT2D eigenvalue weighted by atomic mass is 35.5. The first-order valence-corrected chi connectivity index (χ1v) is 6.23. The van der Waals surface area contributed by atoms with Gasteiger partial charge in [-0.2, -0.15) is 0 Å². The van der Waals surface area contributed by atoms with Crippen molar-refractivity contribution < 1.29 is 4.79 Å². The molecule has 0 saturated heterocycles. The molecule has 2 aromatic rings. The number of amides is 1. The third-order valence-electron chi connectivity index (χ3n) is 1.89. The maximum absolute atomic E-state index is 11.6. The Morgan fingerprint density at radius 3 is 2.82 bits per heavy atom. The fourth-order valence-electron chi connectivity index (χ4n) is 1.20. The first-order valence-electron chi connectivity index (χ1n) is 4.82. The van der Waals surface area contributed by atoms with Crippen LogP contribution in [0.5, 0.6) is 0 Å². The number of rotatable bonds is 4. The van der Waals surface area contributed by atoms with E-state index in [1.807, 2.05) is 5.38 Å². The molecule has 2 aromatic heterocycles. The van der Waals surface area contributed by atoms with E-state index in [2.05, 4.69) is 20.3 Å². The fraction of sp³-hybridized carbons (Fsp3) is 0.200. The predicted molar refractivity (Wildman–Crippen MR) is 66.0 cm³/mol. The highest BCUT2D eigenvalue weighted by Crippen LogP contribution is 2.13. The zero-order valence-corrected chi connectivity index (χ0v) is 10.3. The predicted octanol–water partition coefficient (Wildman–Crippen LogP) is 1.85. The Balaban J connectivity index is 1.93. The minimum absolute atomic E-state index is 0.143. The Kier molecular flexibility index (Phi) is 4.00. The van der Waals surface area contributed by atoms with Crippen molar-refractivity contribution in [3.05, 3.63) is 34.8 Å². The van der Waals surface area contributed by atoms with Crippen LogP contribution in [0.15, 0.2) is 24.1 Å². The number of anilines is 1. The Morgan fingerprint density at radius 2 is 2.18 bits per heavy atom. The molecule has 0 unspecified atom stereocenters. The summed E-state index contributed by atoms with van der Waals surface area (Å²) in [5.74, 6) is 0.222. The standard InChI is InChI=1S/C10H9ClN4OS/c11-2-7-5-17-10(15-7)1-9(16)14-8-3-12-6-13-4-8/h3-6H,1-2H2,(H,14,16). The van der Waals surface area contributed by atoms with E-state index in [4.69, 9.17) is 11.6 Å². The Morgan fingerprint density at radius 1 is 1.41 bits per heavy atom. The number of halogens is 1. The molecule has 1 N–H and O–H groups in total. The molecule has 1 amide bonds. The third kappa shape index (κ3) is 3.47. The van der Waals surface area contributed by atoms with E-state index in [0.717, 1.165) is 10.7 Å². The van der Waals surface area contributed by atoms with Gasteiger partial charge in [-0.3, -0.25) is 4.79 Å². The van der Waals surface area contributed by atoms with Gasteiger partial charge in [0.05, 0.1) is 36.1 Å². The molecule has 0 aliphatic carbocycles. The first kappa shape index (κ1) is 11.9. The van der Waals surface area contributed by atoms with E-state index >= 15 is 0 Å². The summed E-state index contributed by atoms with van der Waals surface area (Å²) in [5, 5.41) is 5.28. The highest BCUT2D eigenvalue weighted by molar-refractivity contribution is 7.09. The van der Waals surface area contributed by atoms with E-state index in [9.17, 15) is 4.79 Å². The molecule has 0 spiro atoms. The van der Waals surface area contributed by atoms with Gasteiger partial charge in [-0.25, -0.2) is 15.0 Å². The van der Waals surface area contributed by atoms with Crippen molar-refractivity contribution in [3.8, 4) is 0 Å². The number of alkyl halides is 1. The number of carbonyl (C=O) groups is 1. The van der Waals surface area contributed by atoms with E-state index < -0.39 is 0 Å². The molecule has 2 heterocycles. The quantitative estimate of drug-likeness (QED) is 0.860. The van der Waals surface area contributed by atoms with E-state index in [0.29, 0.717) is 11.6 Å². The summed E-state index contributed by atoms with van der Waals surface area (Å²) in [6.07, 6.45) is 4.72. The SMILES string of the molecule is O=C(Cc1nc(CCl)cs1)Nc1cncnc1. The largest absolute Gasteiger partial charge is 0.323 e. The van der Waals surface area contributed by atoms with Gasteiger partial charge in [-0.1, -0.05) is 0 Å². The Hall–Kier alpha value is -1.53. The van der Waals surface area contributed by atoms with Crippen molar-refractivity contribution in [1.29, 1.82) is 0 Å². The smallest absolute Gasteiger partial charge is 0.231 e. The second kappa shape index (κ2) is 5.70. The normalized spacial score (nSPS) is 10.2. The highest BCUT2D eigenvalue weighted by Gasteiger charge is 2.08. The number of hydrogen-bond acceptors (Lipinski definition) is 5. The zero-order chi connectivity index (χ0) is 12.1. The van der Waals surface area contributed by atoms with Crippen LogP contribution >= 0.6 is 22.9 Å². The van der Waals surface area contributed by atoms with Gasteiger partial charge < -0.3 is 5.32 Å². The summed E-state index contributed by atoms with van der Waals surface area (Å²) < 4.78 is 0. The molecule has 0 radical (unpaired) electrons. The van der Waals surface area contributed by atoms with Crippen LogP contribution in [0.25, 0.3) is 0 Å². The topological polar surface area (TPSA) is 67.8 Å². The molecule has 0 aliphatic rings. The fourth-order valence-corrected chi connectivity index (χ4v) is 2.22. The molecule has 7 heteroatoms. The number of thiazole rings is 1. The molecule has 0 aliphatic heterocycles. The molecule has 0 bridgehead atoms. The van der Waals surface area contributed by atoms with Crippen LogP contribution in [0.3, 0.4) is 0 Å². The molecular weight excluding hydrogens is 260 g/mol. The molecule has 2 rings (SSSR count). The molecule has 5 nitrogen and oxygen atoms in total. The van der Waals surface area contributed by atoms with E-state index in [1.165, 1.54) is 30.1 Å².